The van der Waals surface area contributed by atoms with Crippen LogP contribution < -0.4 is 0 Å². The molecular formula is C15H15F7N2S. The summed E-state index contributed by atoms with van der Waals surface area (Å²) in [5, 5.41) is 0. The van der Waals surface area contributed by atoms with Gasteiger partial charge < -0.3 is 4.90 Å². The zero-order chi connectivity index (χ0) is 18.8. The minimum absolute atomic E-state index is 0.0897. The second-order valence-corrected chi connectivity index (χ2v) is 6.66. The Morgan fingerprint density at radius 3 is 2.40 bits per heavy atom. The highest BCUT2D eigenvalue weighted by molar-refractivity contribution is 7.99. The van der Waals surface area contributed by atoms with Gasteiger partial charge in [0.15, 0.2) is 0 Å². The lowest BCUT2D eigenvalue weighted by atomic mass is 10.2. The molecule has 1 saturated heterocycles. The van der Waals surface area contributed by atoms with Crippen LogP contribution in [-0.4, -0.2) is 41.9 Å². The molecule has 1 heterocycles. The van der Waals surface area contributed by atoms with Gasteiger partial charge in [-0.3, -0.25) is 0 Å². The normalized spacial score (nSPS) is 17.6. The number of rotatable bonds is 4. The maximum atomic E-state index is 14.0. The minimum Gasteiger partial charge on any atom is -0.351 e. The Hall–Kier alpha value is -1.45. The highest BCUT2D eigenvalue weighted by atomic mass is 32.2. The van der Waals surface area contributed by atoms with Crippen molar-refractivity contribution in [3.8, 4) is 0 Å². The van der Waals surface area contributed by atoms with Crippen molar-refractivity contribution in [3.05, 3.63) is 23.5 Å². The topological polar surface area (TPSA) is 15.6 Å². The van der Waals surface area contributed by atoms with Crippen molar-refractivity contribution in [2.24, 2.45) is 4.99 Å². The van der Waals surface area contributed by atoms with Crippen LogP contribution in [0.3, 0.4) is 0 Å². The second-order valence-electron chi connectivity index (χ2n) is 5.64. The van der Waals surface area contributed by atoms with E-state index in [0.717, 1.165) is 17.0 Å². The maximum Gasteiger partial charge on any atom is 0.405 e. The molecule has 0 saturated carbocycles. The van der Waals surface area contributed by atoms with Crippen LogP contribution in [0.5, 0.6) is 0 Å². The van der Waals surface area contributed by atoms with Crippen LogP contribution in [0, 0.1) is 12.7 Å². The van der Waals surface area contributed by atoms with Crippen molar-refractivity contribution in [2.75, 3.05) is 18.8 Å². The van der Waals surface area contributed by atoms with Crippen molar-refractivity contribution < 1.29 is 30.7 Å². The number of halogens is 7. The number of hydrogen-bond acceptors (Lipinski definition) is 2. The quantitative estimate of drug-likeness (QED) is 0.502. The molecule has 140 valence electrons. The summed E-state index contributed by atoms with van der Waals surface area (Å²) in [7, 11) is 0. The van der Waals surface area contributed by atoms with E-state index in [9.17, 15) is 30.7 Å². The van der Waals surface area contributed by atoms with Crippen LogP contribution in [0.2, 0.25) is 0 Å². The van der Waals surface area contributed by atoms with E-state index in [1.807, 2.05) is 0 Å². The number of likely N-dealkylation sites (tertiary alicyclic amines) is 1. The lowest BCUT2D eigenvalue weighted by molar-refractivity contribution is -0.137. The van der Waals surface area contributed by atoms with Gasteiger partial charge >= 0.3 is 12.4 Å². The molecular weight excluding hydrogens is 373 g/mol. The third-order valence-electron chi connectivity index (χ3n) is 3.45. The number of alkyl halides is 6. The number of amidine groups is 1. The Morgan fingerprint density at radius 2 is 1.80 bits per heavy atom. The Labute approximate surface area is 144 Å². The largest absolute Gasteiger partial charge is 0.405 e. The van der Waals surface area contributed by atoms with Crippen molar-refractivity contribution in [1.29, 1.82) is 0 Å². The molecule has 2 nitrogen and oxygen atoms in total. The summed E-state index contributed by atoms with van der Waals surface area (Å²) < 4.78 is 88.7. The van der Waals surface area contributed by atoms with Crippen molar-refractivity contribution in [3.63, 3.8) is 0 Å². The Kier molecular flexibility index (Phi) is 5.90. The van der Waals surface area contributed by atoms with Gasteiger partial charge in [-0.25, -0.2) is 9.38 Å². The van der Waals surface area contributed by atoms with Crippen LogP contribution >= 0.6 is 11.8 Å². The summed E-state index contributed by atoms with van der Waals surface area (Å²) in [5.41, 5.74) is 0.0635. The third-order valence-corrected chi connectivity index (χ3v) is 4.67. The molecule has 0 bridgehead atoms. The highest BCUT2D eigenvalue weighted by Crippen LogP contribution is 2.34. The number of hydrogen-bond donors (Lipinski definition) is 0. The van der Waals surface area contributed by atoms with Gasteiger partial charge in [0.1, 0.15) is 23.9 Å². The molecule has 1 aromatic carbocycles. The van der Waals surface area contributed by atoms with Gasteiger partial charge in [-0.1, -0.05) is 0 Å². The minimum atomic E-state index is -4.41. The van der Waals surface area contributed by atoms with Crippen molar-refractivity contribution in [1.82, 2.24) is 4.90 Å². The predicted octanol–water partition coefficient (Wildman–Crippen LogP) is 5.48. The molecule has 1 aliphatic heterocycles. The van der Waals surface area contributed by atoms with E-state index in [0.29, 0.717) is 23.7 Å². The molecule has 1 aliphatic rings. The molecule has 0 unspecified atom stereocenters. The summed E-state index contributed by atoms with van der Waals surface area (Å²) in [6.45, 7) is 0.431. The van der Waals surface area contributed by atoms with Crippen molar-refractivity contribution >= 4 is 23.3 Å². The van der Waals surface area contributed by atoms with E-state index in [-0.39, 0.29) is 29.4 Å². The van der Waals surface area contributed by atoms with E-state index in [4.69, 9.17) is 0 Å². The lowest BCUT2D eigenvalue weighted by Gasteiger charge is -2.20. The molecule has 0 radical (unpaired) electrons. The zero-order valence-electron chi connectivity index (χ0n) is 13.1. The van der Waals surface area contributed by atoms with Crippen LogP contribution in [0.15, 0.2) is 22.0 Å². The van der Waals surface area contributed by atoms with Gasteiger partial charge in [0.05, 0.1) is 5.75 Å². The van der Waals surface area contributed by atoms with E-state index < -0.39 is 30.5 Å². The molecule has 1 aromatic rings. The second kappa shape index (κ2) is 7.43. The summed E-state index contributed by atoms with van der Waals surface area (Å²) >= 11 is 0.491. The van der Waals surface area contributed by atoms with E-state index in [2.05, 4.69) is 4.99 Å². The molecule has 0 aliphatic carbocycles. The van der Waals surface area contributed by atoms with E-state index in [1.165, 1.54) is 6.92 Å². The fourth-order valence-corrected chi connectivity index (χ4v) is 3.21. The summed E-state index contributed by atoms with van der Waals surface area (Å²) in [6, 6.07) is 2.19. The first-order valence-electron chi connectivity index (χ1n) is 7.33. The first-order valence-corrected chi connectivity index (χ1v) is 8.32. The third kappa shape index (κ3) is 6.09. The molecule has 0 spiro atoms. The molecule has 2 rings (SSSR count). The van der Waals surface area contributed by atoms with E-state index >= 15 is 0 Å². The number of thioether (sulfide) groups is 1. The average Bonchev–Trinajstić information content (AvgIpc) is 2.84. The first-order chi connectivity index (χ1) is 11.4. The predicted molar refractivity (Wildman–Crippen MR) is 81.9 cm³/mol. The van der Waals surface area contributed by atoms with Gasteiger partial charge in [-0.15, -0.1) is 11.8 Å². The van der Waals surface area contributed by atoms with Gasteiger partial charge in [0, 0.05) is 17.9 Å². The molecule has 0 N–H and O–H groups in total. The van der Waals surface area contributed by atoms with Gasteiger partial charge in [-0.05, 0) is 31.0 Å². The fourth-order valence-electron chi connectivity index (χ4n) is 2.41. The van der Waals surface area contributed by atoms with Gasteiger partial charge in [-0.2, -0.15) is 26.3 Å². The van der Waals surface area contributed by atoms with Crippen LogP contribution in [0.1, 0.15) is 18.4 Å². The maximum absolute atomic E-state index is 14.0. The number of aryl methyl sites for hydroxylation is 1. The summed E-state index contributed by atoms with van der Waals surface area (Å²) in [4.78, 5) is 5.15. The summed E-state index contributed by atoms with van der Waals surface area (Å²) in [6.07, 6.45) is -8.08. The lowest BCUT2D eigenvalue weighted by Crippen LogP contribution is -2.35. The molecule has 1 fully saturated rings. The van der Waals surface area contributed by atoms with Crippen LogP contribution in [0.4, 0.5) is 36.4 Å². The molecule has 0 aromatic heterocycles. The Bertz CT molecular complexity index is 653. The fraction of sp³-hybridized carbons (Fsp3) is 0.533. The monoisotopic (exact) mass is 388 g/mol. The Balaban J connectivity index is 2.26. The number of benzene rings is 1. The van der Waals surface area contributed by atoms with Crippen molar-refractivity contribution in [2.45, 2.75) is 37.0 Å². The van der Waals surface area contributed by atoms with Crippen LogP contribution in [-0.2, 0) is 0 Å². The van der Waals surface area contributed by atoms with Gasteiger partial charge in [0.25, 0.3) is 0 Å². The molecule has 0 atom stereocenters. The Morgan fingerprint density at radius 1 is 1.12 bits per heavy atom. The standard InChI is InChI=1S/C15H15F7N2S/c1-9-5-10(16)11(6-12(9)25-8-15(20,21)22)23-13-3-2-4-24(13)7-14(17,18)19/h5-6H,2-4,7-8H2,1H3. The highest BCUT2D eigenvalue weighted by Gasteiger charge is 2.34. The number of nitrogens with zero attached hydrogens (tertiary/aromatic N) is 2. The molecule has 10 heteroatoms. The SMILES string of the molecule is Cc1cc(F)c(N=C2CCCN2CC(F)(F)F)cc1SCC(F)(F)F. The molecule has 25 heavy (non-hydrogen) atoms. The molecule has 0 amide bonds. The van der Waals surface area contributed by atoms with Crippen LogP contribution in [0.25, 0.3) is 0 Å². The summed E-state index contributed by atoms with van der Waals surface area (Å²) in [5.74, 6) is -1.83. The average molecular weight is 388 g/mol. The first kappa shape index (κ1) is 19.9. The van der Waals surface area contributed by atoms with E-state index in [1.54, 1.807) is 0 Å². The number of aliphatic imine (C=N–C) groups is 1. The smallest absolute Gasteiger partial charge is 0.351 e. The zero-order valence-corrected chi connectivity index (χ0v) is 14.0. The van der Waals surface area contributed by atoms with Gasteiger partial charge in [0.2, 0.25) is 0 Å².